The van der Waals surface area contributed by atoms with Crippen molar-refractivity contribution in [2.24, 2.45) is 5.73 Å². The molecular weight excluding hydrogens is 322 g/mol. The number of rotatable bonds is 6. The van der Waals surface area contributed by atoms with Gasteiger partial charge >= 0.3 is 0 Å². The summed E-state index contributed by atoms with van der Waals surface area (Å²) in [5, 5.41) is 0. The molecule has 1 unspecified atom stereocenters. The van der Waals surface area contributed by atoms with E-state index in [-0.39, 0.29) is 0 Å². The number of thiocarbonyl (C=S) groups is 1. The lowest BCUT2D eigenvalue weighted by molar-refractivity contribution is 0.373. The van der Waals surface area contributed by atoms with E-state index >= 15 is 0 Å². The van der Waals surface area contributed by atoms with Gasteiger partial charge in [0.2, 0.25) is 0 Å². The zero-order chi connectivity index (χ0) is 14.6. The quantitative estimate of drug-likeness (QED) is 0.805. The van der Waals surface area contributed by atoms with E-state index < -0.39 is 0 Å². The Morgan fingerprint density at radius 1 is 1.42 bits per heavy atom. The van der Waals surface area contributed by atoms with E-state index in [0.29, 0.717) is 11.0 Å². The molecule has 1 atom stereocenters. The third kappa shape index (κ3) is 4.16. The molecule has 0 aliphatic heterocycles. The van der Waals surface area contributed by atoms with Gasteiger partial charge in [-0.3, -0.25) is 0 Å². The summed E-state index contributed by atoms with van der Waals surface area (Å²) in [4.78, 5) is 4.95. The lowest BCUT2D eigenvalue weighted by atomic mass is 10.1. The van der Waals surface area contributed by atoms with Gasteiger partial charge in [-0.05, 0) is 56.0 Å². The van der Waals surface area contributed by atoms with Gasteiger partial charge in [0.05, 0.1) is 0 Å². The molecule has 0 aliphatic rings. The highest BCUT2D eigenvalue weighted by molar-refractivity contribution is 9.10. The van der Waals surface area contributed by atoms with Gasteiger partial charge in [0, 0.05) is 34.9 Å². The van der Waals surface area contributed by atoms with Crippen molar-refractivity contribution < 1.29 is 0 Å². The van der Waals surface area contributed by atoms with Gasteiger partial charge in [0.25, 0.3) is 0 Å². The Balaban J connectivity index is 3.18. The summed E-state index contributed by atoms with van der Waals surface area (Å²) in [5.74, 6) is 0. The van der Waals surface area contributed by atoms with E-state index in [1.165, 1.54) is 0 Å². The Bertz CT molecular complexity index is 448. The van der Waals surface area contributed by atoms with Crippen molar-refractivity contribution in [1.82, 2.24) is 4.90 Å². The minimum absolute atomic E-state index is 0.391. The van der Waals surface area contributed by atoms with Crippen LogP contribution in [-0.4, -0.2) is 43.1 Å². The zero-order valence-electron chi connectivity index (χ0n) is 12.0. The van der Waals surface area contributed by atoms with E-state index in [4.69, 9.17) is 18.0 Å². The van der Waals surface area contributed by atoms with Gasteiger partial charge in [0.1, 0.15) is 4.99 Å². The molecule has 19 heavy (non-hydrogen) atoms. The summed E-state index contributed by atoms with van der Waals surface area (Å²) >= 11 is 8.73. The van der Waals surface area contributed by atoms with E-state index in [2.05, 4.69) is 59.7 Å². The lowest BCUT2D eigenvalue weighted by Gasteiger charge is -2.33. The maximum absolute atomic E-state index is 5.87. The molecule has 1 aromatic rings. The molecule has 1 aromatic carbocycles. The van der Waals surface area contributed by atoms with Crippen LogP contribution in [0, 0.1) is 0 Å². The Morgan fingerprint density at radius 3 is 2.53 bits per heavy atom. The lowest BCUT2D eigenvalue weighted by Crippen LogP contribution is -2.41. The average molecular weight is 344 g/mol. The number of likely N-dealkylation sites (N-methyl/N-ethyl adjacent to an activating group) is 2. The molecule has 1 rings (SSSR count). The van der Waals surface area contributed by atoms with Crippen molar-refractivity contribution >= 4 is 38.8 Å². The largest absolute Gasteiger partial charge is 0.389 e. The summed E-state index contributed by atoms with van der Waals surface area (Å²) in [6, 6.07) is 6.46. The zero-order valence-corrected chi connectivity index (χ0v) is 14.4. The summed E-state index contributed by atoms with van der Waals surface area (Å²) < 4.78 is 0.952. The molecule has 0 saturated carbocycles. The number of hydrogen-bond acceptors (Lipinski definition) is 3. The van der Waals surface area contributed by atoms with Crippen LogP contribution in [0.25, 0.3) is 0 Å². The number of nitrogens with zero attached hydrogens (tertiary/aromatic N) is 2. The Morgan fingerprint density at radius 2 is 2.05 bits per heavy atom. The first kappa shape index (κ1) is 16.4. The van der Waals surface area contributed by atoms with E-state index in [1.54, 1.807) is 0 Å². The van der Waals surface area contributed by atoms with Crippen LogP contribution in [0.5, 0.6) is 0 Å². The minimum Gasteiger partial charge on any atom is -0.389 e. The molecule has 0 spiro atoms. The second-order valence-corrected chi connectivity index (χ2v) is 6.19. The van der Waals surface area contributed by atoms with Gasteiger partial charge < -0.3 is 15.5 Å². The topological polar surface area (TPSA) is 32.5 Å². The van der Waals surface area contributed by atoms with Gasteiger partial charge in [-0.25, -0.2) is 0 Å². The van der Waals surface area contributed by atoms with Crippen molar-refractivity contribution in [1.29, 1.82) is 0 Å². The van der Waals surface area contributed by atoms with Crippen molar-refractivity contribution in [2.75, 3.05) is 32.1 Å². The number of halogens is 1. The van der Waals surface area contributed by atoms with Gasteiger partial charge in [-0.2, -0.15) is 0 Å². The molecule has 0 heterocycles. The number of anilines is 1. The first-order valence-corrected chi connectivity index (χ1v) is 7.58. The summed E-state index contributed by atoms with van der Waals surface area (Å²) in [6.07, 6.45) is 0. The van der Waals surface area contributed by atoms with Crippen LogP contribution >= 0.6 is 28.1 Å². The fraction of sp³-hybridized carbons (Fsp3) is 0.500. The molecule has 0 aromatic heterocycles. The highest BCUT2D eigenvalue weighted by Crippen LogP contribution is 2.29. The van der Waals surface area contributed by atoms with E-state index in [9.17, 15) is 0 Å². The molecule has 0 radical (unpaired) electrons. The van der Waals surface area contributed by atoms with Crippen LogP contribution in [0.4, 0.5) is 5.69 Å². The first-order chi connectivity index (χ1) is 8.88. The number of hydrogen-bond donors (Lipinski definition) is 1. The standard InChI is InChI=1S/C14H22BrN3S/c1-5-18(10(2)9-17(3)4)12-8-6-7-11(15)13(12)14(16)19/h6-8,10H,5,9H2,1-4H3,(H2,16,19). The molecule has 0 bridgehead atoms. The molecular formula is C14H22BrN3S. The monoisotopic (exact) mass is 343 g/mol. The Labute approximate surface area is 129 Å². The summed E-state index contributed by atoms with van der Waals surface area (Å²) in [6.45, 7) is 6.27. The Kier molecular flexibility index (Phi) is 6.23. The second kappa shape index (κ2) is 7.22. The third-order valence-corrected chi connectivity index (χ3v) is 3.91. The predicted molar refractivity (Wildman–Crippen MR) is 91.1 cm³/mol. The fourth-order valence-electron chi connectivity index (χ4n) is 2.34. The molecule has 2 N–H and O–H groups in total. The first-order valence-electron chi connectivity index (χ1n) is 6.38. The Hall–Kier alpha value is -0.650. The van der Waals surface area contributed by atoms with Crippen LogP contribution in [0.1, 0.15) is 19.4 Å². The highest BCUT2D eigenvalue weighted by atomic mass is 79.9. The van der Waals surface area contributed by atoms with Crippen LogP contribution in [0.2, 0.25) is 0 Å². The van der Waals surface area contributed by atoms with Crippen LogP contribution in [0.15, 0.2) is 22.7 Å². The number of benzene rings is 1. The van der Waals surface area contributed by atoms with Crippen LogP contribution in [-0.2, 0) is 0 Å². The molecule has 3 nitrogen and oxygen atoms in total. The van der Waals surface area contributed by atoms with Gasteiger partial charge in [-0.15, -0.1) is 0 Å². The fourth-order valence-corrected chi connectivity index (χ4v) is 3.26. The van der Waals surface area contributed by atoms with Gasteiger partial charge in [0.15, 0.2) is 0 Å². The average Bonchev–Trinajstić information content (AvgIpc) is 2.28. The minimum atomic E-state index is 0.391. The molecule has 106 valence electrons. The second-order valence-electron chi connectivity index (χ2n) is 4.90. The molecule has 0 amide bonds. The van der Waals surface area contributed by atoms with E-state index in [0.717, 1.165) is 28.8 Å². The third-order valence-electron chi connectivity index (χ3n) is 3.05. The van der Waals surface area contributed by atoms with E-state index in [1.807, 2.05) is 12.1 Å². The molecule has 0 fully saturated rings. The number of nitrogens with two attached hydrogens (primary N) is 1. The SMILES string of the molecule is CCN(c1cccc(Br)c1C(N)=S)C(C)CN(C)C. The highest BCUT2D eigenvalue weighted by Gasteiger charge is 2.19. The maximum Gasteiger partial charge on any atom is 0.107 e. The molecule has 5 heteroatoms. The maximum atomic E-state index is 5.87. The van der Waals surface area contributed by atoms with Crippen molar-refractivity contribution in [3.8, 4) is 0 Å². The van der Waals surface area contributed by atoms with Crippen molar-refractivity contribution in [3.63, 3.8) is 0 Å². The van der Waals surface area contributed by atoms with Gasteiger partial charge in [-0.1, -0.05) is 18.3 Å². The van der Waals surface area contributed by atoms with Crippen LogP contribution in [0.3, 0.4) is 0 Å². The normalized spacial score (nSPS) is 12.5. The summed E-state index contributed by atoms with van der Waals surface area (Å²) in [5.41, 5.74) is 7.89. The van der Waals surface area contributed by atoms with Crippen LogP contribution < -0.4 is 10.6 Å². The predicted octanol–water partition coefficient (Wildman–Crippen LogP) is 2.86. The molecule has 0 saturated heterocycles. The summed E-state index contributed by atoms with van der Waals surface area (Å²) in [7, 11) is 4.17. The van der Waals surface area contributed by atoms with Crippen molar-refractivity contribution in [2.45, 2.75) is 19.9 Å². The molecule has 0 aliphatic carbocycles. The smallest absolute Gasteiger partial charge is 0.107 e. The van der Waals surface area contributed by atoms with Crippen molar-refractivity contribution in [3.05, 3.63) is 28.2 Å².